The SMILES string of the molecule is O=C(Cl)C1CCN(S(=O)(=O)c2ccc(Cl)cc2)CC1. The van der Waals surface area contributed by atoms with Gasteiger partial charge in [0.15, 0.2) is 0 Å². The fourth-order valence-corrected chi connectivity index (χ4v) is 3.89. The third-order valence-corrected chi connectivity index (χ3v) is 5.70. The van der Waals surface area contributed by atoms with Crippen molar-refractivity contribution in [1.82, 2.24) is 4.31 Å². The van der Waals surface area contributed by atoms with Gasteiger partial charge in [-0.1, -0.05) is 11.6 Å². The van der Waals surface area contributed by atoms with Crippen molar-refractivity contribution in [2.24, 2.45) is 5.92 Å². The molecular weight excluding hydrogens is 309 g/mol. The summed E-state index contributed by atoms with van der Waals surface area (Å²) in [7, 11) is -3.51. The highest BCUT2D eigenvalue weighted by molar-refractivity contribution is 7.89. The van der Waals surface area contributed by atoms with Gasteiger partial charge in [-0.3, -0.25) is 4.79 Å². The number of nitrogens with zero attached hydrogens (tertiary/aromatic N) is 1. The Morgan fingerprint density at radius 2 is 1.68 bits per heavy atom. The van der Waals surface area contributed by atoms with Crippen molar-refractivity contribution in [3.05, 3.63) is 29.3 Å². The van der Waals surface area contributed by atoms with E-state index in [0.717, 1.165) is 0 Å². The predicted octanol–water partition coefficient (Wildman–Crippen LogP) is 2.51. The van der Waals surface area contributed by atoms with Crippen LogP contribution in [0.3, 0.4) is 0 Å². The minimum absolute atomic E-state index is 0.215. The molecule has 0 amide bonds. The molecule has 0 atom stereocenters. The van der Waals surface area contributed by atoms with Crippen molar-refractivity contribution in [3.8, 4) is 0 Å². The van der Waals surface area contributed by atoms with Crippen molar-refractivity contribution in [2.75, 3.05) is 13.1 Å². The van der Waals surface area contributed by atoms with Crippen molar-refractivity contribution < 1.29 is 13.2 Å². The van der Waals surface area contributed by atoms with Crippen LogP contribution in [0.4, 0.5) is 0 Å². The van der Waals surface area contributed by atoms with E-state index in [9.17, 15) is 13.2 Å². The second-order valence-electron chi connectivity index (χ2n) is 4.44. The van der Waals surface area contributed by atoms with Gasteiger partial charge in [-0.15, -0.1) is 0 Å². The van der Waals surface area contributed by atoms with Crippen LogP contribution in [0.15, 0.2) is 29.2 Å². The molecule has 2 rings (SSSR count). The molecule has 0 spiro atoms. The Morgan fingerprint density at radius 1 is 1.16 bits per heavy atom. The largest absolute Gasteiger partial charge is 0.281 e. The second kappa shape index (κ2) is 5.79. The van der Waals surface area contributed by atoms with Crippen molar-refractivity contribution in [2.45, 2.75) is 17.7 Å². The van der Waals surface area contributed by atoms with Gasteiger partial charge >= 0.3 is 0 Å². The Kier molecular flexibility index (Phi) is 4.50. The normalized spacial score (nSPS) is 18.4. The quantitative estimate of drug-likeness (QED) is 0.804. The van der Waals surface area contributed by atoms with E-state index < -0.39 is 10.0 Å². The van der Waals surface area contributed by atoms with Crippen LogP contribution in [0.2, 0.25) is 5.02 Å². The number of carbonyl (C=O) groups excluding carboxylic acids is 1. The standard InChI is InChI=1S/C12H13Cl2NO3S/c13-10-1-3-11(4-2-10)19(17,18)15-7-5-9(6-8-15)12(14)16/h1-4,9H,5-8H2. The summed E-state index contributed by atoms with van der Waals surface area (Å²) in [6.07, 6.45) is 0.935. The number of halogens is 2. The van der Waals surface area contributed by atoms with E-state index in [-0.39, 0.29) is 16.1 Å². The minimum Gasteiger partial charge on any atom is -0.281 e. The Bertz CT molecular complexity index is 563. The fourth-order valence-electron chi connectivity index (χ4n) is 2.08. The maximum absolute atomic E-state index is 12.3. The van der Waals surface area contributed by atoms with Gasteiger partial charge in [0.25, 0.3) is 0 Å². The molecule has 0 aromatic heterocycles. The zero-order valence-electron chi connectivity index (χ0n) is 10.1. The summed E-state index contributed by atoms with van der Waals surface area (Å²) >= 11 is 11.2. The molecule has 1 aromatic carbocycles. The first-order valence-corrected chi connectivity index (χ1v) is 8.06. The number of sulfonamides is 1. The van der Waals surface area contributed by atoms with Gasteiger partial charge in [0, 0.05) is 24.0 Å². The molecule has 4 nitrogen and oxygen atoms in total. The van der Waals surface area contributed by atoms with E-state index in [2.05, 4.69) is 0 Å². The molecule has 1 aliphatic heterocycles. The molecule has 0 N–H and O–H groups in total. The first kappa shape index (κ1) is 14.8. The molecule has 104 valence electrons. The summed E-state index contributed by atoms with van der Waals surface area (Å²) in [5.41, 5.74) is 0. The van der Waals surface area contributed by atoms with Gasteiger partial charge in [-0.2, -0.15) is 4.31 Å². The average molecular weight is 322 g/mol. The van der Waals surface area contributed by atoms with Gasteiger partial charge < -0.3 is 0 Å². The maximum Gasteiger partial charge on any atom is 0.243 e. The Balaban J connectivity index is 2.14. The third kappa shape index (κ3) is 3.28. The molecule has 0 radical (unpaired) electrons. The van der Waals surface area contributed by atoms with Crippen molar-refractivity contribution in [3.63, 3.8) is 0 Å². The number of benzene rings is 1. The maximum atomic E-state index is 12.3. The summed E-state index contributed by atoms with van der Waals surface area (Å²) in [6.45, 7) is 0.627. The zero-order chi connectivity index (χ0) is 14.0. The highest BCUT2D eigenvalue weighted by atomic mass is 35.5. The molecule has 1 heterocycles. The molecule has 1 fully saturated rings. The number of rotatable bonds is 3. The van der Waals surface area contributed by atoms with Crippen LogP contribution >= 0.6 is 23.2 Å². The van der Waals surface area contributed by atoms with E-state index >= 15 is 0 Å². The summed E-state index contributed by atoms with van der Waals surface area (Å²) in [6, 6.07) is 6.06. The van der Waals surface area contributed by atoms with Crippen LogP contribution in [0.5, 0.6) is 0 Å². The predicted molar refractivity (Wildman–Crippen MR) is 73.8 cm³/mol. The van der Waals surface area contributed by atoms with E-state index in [4.69, 9.17) is 23.2 Å². The van der Waals surface area contributed by atoms with Gasteiger partial charge in [0.1, 0.15) is 0 Å². The molecule has 0 unspecified atom stereocenters. The summed E-state index contributed by atoms with van der Waals surface area (Å²) < 4.78 is 26.1. The average Bonchev–Trinajstić information content (AvgIpc) is 2.39. The first-order valence-electron chi connectivity index (χ1n) is 5.86. The number of carbonyl (C=O) groups is 1. The molecule has 1 aromatic rings. The van der Waals surface area contributed by atoms with Crippen molar-refractivity contribution in [1.29, 1.82) is 0 Å². The summed E-state index contributed by atoms with van der Waals surface area (Å²) in [5, 5.41) is 0.105. The Morgan fingerprint density at radius 3 is 2.16 bits per heavy atom. The van der Waals surface area contributed by atoms with E-state index in [1.807, 2.05) is 0 Å². The molecule has 0 saturated carbocycles. The van der Waals surface area contributed by atoms with Crippen LogP contribution in [-0.4, -0.2) is 31.1 Å². The van der Waals surface area contributed by atoms with Crippen LogP contribution in [0.1, 0.15) is 12.8 Å². The lowest BCUT2D eigenvalue weighted by atomic mass is 10.00. The van der Waals surface area contributed by atoms with E-state index in [1.54, 1.807) is 12.1 Å². The number of piperidine rings is 1. The van der Waals surface area contributed by atoms with Crippen LogP contribution in [0.25, 0.3) is 0 Å². The van der Waals surface area contributed by atoms with Crippen LogP contribution < -0.4 is 0 Å². The Labute approximate surface area is 122 Å². The van der Waals surface area contributed by atoms with Crippen LogP contribution in [-0.2, 0) is 14.8 Å². The third-order valence-electron chi connectivity index (χ3n) is 3.23. The summed E-state index contributed by atoms with van der Waals surface area (Å²) in [4.78, 5) is 11.3. The van der Waals surface area contributed by atoms with Gasteiger partial charge in [0.05, 0.1) is 4.90 Å². The van der Waals surface area contributed by atoms with E-state index in [0.29, 0.717) is 31.0 Å². The molecular formula is C12H13Cl2NO3S. The van der Waals surface area contributed by atoms with Crippen LogP contribution in [0, 0.1) is 5.92 Å². The second-order valence-corrected chi connectivity index (χ2v) is 7.18. The first-order chi connectivity index (χ1) is 8.91. The zero-order valence-corrected chi connectivity index (χ0v) is 12.4. The molecule has 0 aliphatic carbocycles. The lowest BCUT2D eigenvalue weighted by molar-refractivity contribution is -0.116. The van der Waals surface area contributed by atoms with Crippen molar-refractivity contribution >= 4 is 38.5 Å². The van der Waals surface area contributed by atoms with Gasteiger partial charge in [-0.25, -0.2) is 8.42 Å². The Hall–Kier alpha value is -0.620. The molecule has 19 heavy (non-hydrogen) atoms. The lowest BCUT2D eigenvalue weighted by Crippen LogP contribution is -2.39. The highest BCUT2D eigenvalue weighted by Crippen LogP contribution is 2.25. The van der Waals surface area contributed by atoms with Gasteiger partial charge in [-0.05, 0) is 48.7 Å². The molecule has 1 aliphatic rings. The molecule has 1 saturated heterocycles. The lowest BCUT2D eigenvalue weighted by Gasteiger charge is -2.29. The highest BCUT2D eigenvalue weighted by Gasteiger charge is 2.31. The molecule has 0 bridgehead atoms. The van der Waals surface area contributed by atoms with E-state index in [1.165, 1.54) is 16.4 Å². The molecule has 7 heteroatoms. The fraction of sp³-hybridized carbons (Fsp3) is 0.417. The van der Waals surface area contributed by atoms with Gasteiger partial charge in [0.2, 0.25) is 15.3 Å². The number of hydrogen-bond donors (Lipinski definition) is 0. The monoisotopic (exact) mass is 321 g/mol. The smallest absolute Gasteiger partial charge is 0.243 e. The number of hydrogen-bond acceptors (Lipinski definition) is 3. The summed E-state index contributed by atoms with van der Waals surface area (Å²) in [5.74, 6) is -0.238. The minimum atomic E-state index is -3.51. The topological polar surface area (TPSA) is 54.5 Å².